The summed E-state index contributed by atoms with van der Waals surface area (Å²) in [4.78, 5) is 41.3. The SMILES string of the molecule is O=C1CCC(N2Cc3cccc(CN4CCCC(C5CCCCN5)C4)c3C2=O)C(=O)N1. The van der Waals surface area contributed by atoms with E-state index in [4.69, 9.17) is 0 Å². The lowest BCUT2D eigenvalue weighted by Crippen LogP contribution is -2.52. The maximum atomic E-state index is 13.3. The zero-order valence-electron chi connectivity index (χ0n) is 18.1. The van der Waals surface area contributed by atoms with E-state index in [1.54, 1.807) is 4.90 Å². The summed E-state index contributed by atoms with van der Waals surface area (Å²) in [7, 11) is 0. The predicted molar refractivity (Wildman–Crippen MR) is 116 cm³/mol. The quantitative estimate of drug-likeness (QED) is 0.721. The molecule has 1 aromatic rings. The topological polar surface area (TPSA) is 81.8 Å². The number of imide groups is 1. The van der Waals surface area contributed by atoms with Gasteiger partial charge in [-0.1, -0.05) is 24.6 Å². The number of likely N-dealkylation sites (tertiary alicyclic amines) is 1. The molecule has 2 N–H and O–H groups in total. The number of nitrogens with zero attached hydrogens (tertiary/aromatic N) is 2. The van der Waals surface area contributed by atoms with Crippen molar-refractivity contribution in [1.29, 1.82) is 0 Å². The van der Waals surface area contributed by atoms with Crippen LogP contribution in [0.25, 0.3) is 0 Å². The Balaban J connectivity index is 1.29. The molecule has 4 aliphatic heterocycles. The zero-order chi connectivity index (χ0) is 21.4. The summed E-state index contributed by atoms with van der Waals surface area (Å²) in [5.41, 5.74) is 2.83. The number of carbonyl (C=O) groups is 3. The Morgan fingerprint density at radius 2 is 1.94 bits per heavy atom. The van der Waals surface area contributed by atoms with Gasteiger partial charge in [0.05, 0.1) is 0 Å². The van der Waals surface area contributed by atoms with Crippen molar-refractivity contribution in [2.24, 2.45) is 5.92 Å². The second kappa shape index (κ2) is 8.71. The van der Waals surface area contributed by atoms with Gasteiger partial charge in [-0.05, 0) is 62.2 Å². The molecule has 1 aromatic carbocycles. The fourth-order valence-electron chi connectivity index (χ4n) is 5.91. The van der Waals surface area contributed by atoms with Crippen LogP contribution in [0.4, 0.5) is 0 Å². The number of benzene rings is 1. The number of piperidine rings is 3. The van der Waals surface area contributed by atoms with E-state index in [1.165, 1.54) is 32.1 Å². The van der Waals surface area contributed by atoms with Crippen LogP contribution in [0.2, 0.25) is 0 Å². The summed E-state index contributed by atoms with van der Waals surface area (Å²) in [6.45, 7) is 4.51. The number of fused-ring (bicyclic) bond motifs is 1. The maximum Gasteiger partial charge on any atom is 0.255 e. The average molecular weight is 425 g/mol. The van der Waals surface area contributed by atoms with E-state index >= 15 is 0 Å². The van der Waals surface area contributed by atoms with Gasteiger partial charge in [-0.15, -0.1) is 0 Å². The van der Waals surface area contributed by atoms with Gasteiger partial charge in [0.2, 0.25) is 11.8 Å². The van der Waals surface area contributed by atoms with Gasteiger partial charge in [0.1, 0.15) is 6.04 Å². The van der Waals surface area contributed by atoms with Crippen LogP contribution >= 0.6 is 0 Å². The van der Waals surface area contributed by atoms with Crippen LogP contribution in [0.1, 0.15) is 66.4 Å². The van der Waals surface area contributed by atoms with Gasteiger partial charge in [0.15, 0.2) is 0 Å². The van der Waals surface area contributed by atoms with Crippen LogP contribution < -0.4 is 10.6 Å². The second-order valence-corrected chi connectivity index (χ2v) is 9.55. The summed E-state index contributed by atoms with van der Waals surface area (Å²) >= 11 is 0. The molecule has 7 heteroatoms. The number of amides is 3. The Hall–Kier alpha value is -2.25. The van der Waals surface area contributed by atoms with Gasteiger partial charge in [-0.2, -0.15) is 0 Å². The molecule has 0 radical (unpaired) electrons. The molecule has 166 valence electrons. The van der Waals surface area contributed by atoms with Crippen molar-refractivity contribution in [2.45, 2.75) is 70.1 Å². The largest absolute Gasteiger partial charge is 0.322 e. The predicted octanol–water partition coefficient (Wildman–Crippen LogP) is 1.80. The maximum absolute atomic E-state index is 13.3. The van der Waals surface area contributed by atoms with Crippen molar-refractivity contribution in [2.75, 3.05) is 19.6 Å². The Kier molecular flexibility index (Phi) is 5.80. The van der Waals surface area contributed by atoms with Crippen LogP contribution in [0.5, 0.6) is 0 Å². The van der Waals surface area contributed by atoms with Gasteiger partial charge in [0, 0.05) is 37.7 Å². The third-order valence-electron chi connectivity index (χ3n) is 7.49. The minimum Gasteiger partial charge on any atom is -0.322 e. The van der Waals surface area contributed by atoms with Gasteiger partial charge < -0.3 is 10.2 Å². The standard InChI is InChI=1S/C24H32N4O3/c29-21-10-9-20(23(30)26-21)28-15-18-6-3-5-17(22(18)24(28)31)14-27-12-4-7-16(13-27)19-8-1-2-11-25-19/h3,5-6,16,19-20,25H,1-2,4,7-15H2,(H,26,29,30). The van der Waals surface area contributed by atoms with E-state index in [0.29, 0.717) is 24.9 Å². The van der Waals surface area contributed by atoms with Gasteiger partial charge in [0.25, 0.3) is 5.91 Å². The van der Waals surface area contributed by atoms with Crippen LogP contribution in [0.15, 0.2) is 18.2 Å². The van der Waals surface area contributed by atoms with Crippen molar-refractivity contribution < 1.29 is 14.4 Å². The molecule has 0 spiro atoms. The first-order valence-electron chi connectivity index (χ1n) is 11.8. The highest BCUT2D eigenvalue weighted by atomic mass is 16.2. The van der Waals surface area contributed by atoms with Gasteiger partial charge >= 0.3 is 0 Å². The second-order valence-electron chi connectivity index (χ2n) is 9.55. The normalized spacial score (nSPS) is 29.7. The lowest BCUT2D eigenvalue weighted by atomic mass is 9.86. The summed E-state index contributed by atoms with van der Waals surface area (Å²) in [5.74, 6) is 0.0140. The summed E-state index contributed by atoms with van der Waals surface area (Å²) in [6.07, 6.45) is 7.06. The van der Waals surface area contributed by atoms with Crippen molar-refractivity contribution in [3.8, 4) is 0 Å². The molecule has 3 atom stereocenters. The molecule has 5 rings (SSSR count). The molecular weight excluding hydrogens is 392 g/mol. The minimum atomic E-state index is -0.554. The molecule has 3 amide bonds. The number of nitrogens with one attached hydrogen (secondary N) is 2. The van der Waals surface area contributed by atoms with Crippen LogP contribution in [0.3, 0.4) is 0 Å². The first-order valence-corrected chi connectivity index (χ1v) is 11.8. The summed E-state index contributed by atoms with van der Waals surface area (Å²) < 4.78 is 0. The highest BCUT2D eigenvalue weighted by molar-refractivity contribution is 6.05. The van der Waals surface area contributed by atoms with Crippen molar-refractivity contribution in [3.63, 3.8) is 0 Å². The molecule has 7 nitrogen and oxygen atoms in total. The van der Waals surface area contributed by atoms with E-state index in [9.17, 15) is 14.4 Å². The van der Waals surface area contributed by atoms with Crippen LogP contribution in [0, 0.1) is 5.92 Å². The fourth-order valence-corrected chi connectivity index (χ4v) is 5.91. The van der Waals surface area contributed by atoms with Crippen molar-refractivity contribution in [3.05, 3.63) is 34.9 Å². The molecule has 0 aliphatic carbocycles. The Bertz CT molecular complexity index is 880. The number of hydrogen-bond acceptors (Lipinski definition) is 5. The van der Waals surface area contributed by atoms with Crippen molar-refractivity contribution in [1.82, 2.24) is 20.4 Å². The van der Waals surface area contributed by atoms with E-state index in [-0.39, 0.29) is 24.1 Å². The molecule has 3 unspecified atom stereocenters. The summed E-state index contributed by atoms with van der Waals surface area (Å²) in [6, 6.07) is 6.16. The van der Waals surface area contributed by atoms with Gasteiger partial charge in [-0.25, -0.2) is 0 Å². The lowest BCUT2D eigenvalue weighted by Gasteiger charge is -2.39. The number of hydrogen-bond donors (Lipinski definition) is 2. The van der Waals surface area contributed by atoms with Crippen LogP contribution in [-0.4, -0.2) is 59.2 Å². The van der Waals surface area contributed by atoms with E-state index in [0.717, 1.165) is 42.9 Å². The third-order valence-corrected chi connectivity index (χ3v) is 7.49. The number of rotatable bonds is 4. The molecule has 3 fully saturated rings. The number of carbonyl (C=O) groups excluding carboxylic acids is 3. The highest BCUT2D eigenvalue weighted by Crippen LogP contribution is 2.32. The minimum absolute atomic E-state index is 0.0670. The lowest BCUT2D eigenvalue weighted by molar-refractivity contribution is -0.136. The molecule has 3 saturated heterocycles. The monoisotopic (exact) mass is 424 g/mol. The molecule has 0 saturated carbocycles. The first-order chi connectivity index (χ1) is 15.1. The Labute approximate surface area is 183 Å². The van der Waals surface area contributed by atoms with E-state index < -0.39 is 6.04 Å². The molecule has 0 aromatic heterocycles. The highest BCUT2D eigenvalue weighted by Gasteiger charge is 2.40. The smallest absolute Gasteiger partial charge is 0.255 e. The van der Waals surface area contributed by atoms with E-state index in [1.807, 2.05) is 12.1 Å². The first kappa shape index (κ1) is 20.6. The van der Waals surface area contributed by atoms with Crippen molar-refractivity contribution >= 4 is 17.7 Å². The third kappa shape index (κ3) is 4.13. The average Bonchev–Trinajstić information content (AvgIpc) is 3.12. The Morgan fingerprint density at radius 1 is 1.03 bits per heavy atom. The van der Waals surface area contributed by atoms with E-state index in [2.05, 4.69) is 21.6 Å². The zero-order valence-corrected chi connectivity index (χ0v) is 18.1. The van der Waals surface area contributed by atoms with Gasteiger partial charge in [-0.3, -0.25) is 24.6 Å². The fraction of sp³-hybridized carbons (Fsp3) is 0.625. The Morgan fingerprint density at radius 3 is 2.74 bits per heavy atom. The molecule has 4 aliphatic rings. The summed E-state index contributed by atoms with van der Waals surface area (Å²) in [5, 5.41) is 6.11. The molecular formula is C24H32N4O3. The van der Waals surface area contributed by atoms with Crippen LogP contribution in [-0.2, 0) is 22.7 Å². The molecule has 0 bridgehead atoms. The molecule has 31 heavy (non-hydrogen) atoms. The molecule has 4 heterocycles.